The van der Waals surface area contributed by atoms with Crippen LogP contribution >= 0.6 is 11.8 Å². The van der Waals surface area contributed by atoms with E-state index in [1.165, 1.54) is 17.8 Å². The summed E-state index contributed by atoms with van der Waals surface area (Å²) in [5.41, 5.74) is 1.44. The number of halogens is 3. The highest BCUT2D eigenvalue weighted by atomic mass is 32.2. The fourth-order valence-corrected chi connectivity index (χ4v) is 3.83. The van der Waals surface area contributed by atoms with Gasteiger partial charge in [-0.05, 0) is 45.0 Å². The van der Waals surface area contributed by atoms with Gasteiger partial charge in [-0.1, -0.05) is 17.8 Å². The summed E-state index contributed by atoms with van der Waals surface area (Å²) in [5.74, 6) is 0.799. The van der Waals surface area contributed by atoms with E-state index in [0.29, 0.717) is 27.8 Å². The van der Waals surface area contributed by atoms with E-state index in [4.69, 9.17) is 0 Å². The molecule has 3 aromatic rings. The molecule has 5 nitrogen and oxygen atoms in total. The highest BCUT2D eigenvalue weighted by Gasteiger charge is 2.30. The van der Waals surface area contributed by atoms with E-state index in [-0.39, 0.29) is 11.5 Å². The Labute approximate surface area is 164 Å². The summed E-state index contributed by atoms with van der Waals surface area (Å²) < 4.78 is 42.6. The van der Waals surface area contributed by atoms with E-state index in [2.05, 4.69) is 10.2 Å². The lowest BCUT2D eigenvalue weighted by molar-refractivity contribution is -0.137. The van der Waals surface area contributed by atoms with Crippen LogP contribution in [-0.4, -0.2) is 30.9 Å². The van der Waals surface area contributed by atoms with Gasteiger partial charge in [0.2, 0.25) is 0 Å². The van der Waals surface area contributed by atoms with Gasteiger partial charge in [-0.15, -0.1) is 10.2 Å². The summed E-state index contributed by atoms with van der Waals surface area (Å²) in [6.45, 7) is 5.32. The number of carbonyl (C=O) groups is 1. The molecule has 0 amide bonds. The van der Waals surface area contributed by atoms with Gasteiger partial charge in [0.25, 0.3) is 0 Å². The number of aryl methyl sites for hydroxylation is 2. The fourth-order valence-electron chi connectivity index (χ4n) is 2.98. The zero-order chi connectivity index (χ0) is 20.6. The van der Waals surface area contributed by atoms with Crippen LogP contribution in [-0.2, 0) is 13.2 Å². The maximum Gasteiger partial charge on any atom is 0.416 e. The first-order valence-corrected chi connectivity index (χ1v) is 9.46. The van der Waals surface area contributed by atoms with Crippen molar-refractivity contribution in [3.05, 3.63) is 58.7 Å². The van der Waals surface area contributed by atoms with Gasteiger partial charge in [0, 0.05) is 29.7 Å². The third kappa shape index (κ3) is 3.84. The van der Waals surface area contributed by atoms with E-state index in [9.17, 15) is 18.0 Å². The molecular formula is C19H19F3N4OS. The topological polar surface area (TPSA) is 52.7 Å². The molecule has 28 heavy (non-hydrogen) atoms. The average molecular weight is 408 g/mol. The number of carbonyl (C=O) groups excluding carboxylic acids is 1. The van der Waals surface area contributed by atoms with Gasteiger partial charge >= 0.3 is 6.18 Å². The van der Waals surface area contributed by atoms with Crippen molar-refractivity contribution in [2.45, 2.75) is 32.1 Å². The maximum absolute atomic E-state index is 13.0. The first-order valence-electron chi connectivity index (χ1n) is 8.48. The van der Waals surface area contributed by atoms with Crippen LogP contribution in [0.1, 0.15) is 33.1 Å². The van der Waals surface area contributed by atoms with Gasteiger partial charge in [0.05, 0.1) is 11.3 Å². The summed E-state index contributed by atoms with van der Waals surface area (Å²) >= 11 is 1.28. The molecule has 148 valence electrons. The molecule has 0 aliphatic heterocycles. The molecule has 0 atom stereocenters. The Bertz CT molecular complexity index is 1040. The quantitative estimate of drug-likeness (QED) is 0.460. The van der Waals surface area contributed by atoms with Crippen molar-refractivity contribution in [3.63, 3.8) is 0 Å². The number of rotatable bonds is 5. The normalized spacial score (nSPS) is 11.8. The van der Waals surface area contributed by atoms with Crippen LogP contribution < -0.4 is 0 Å². The van der Waals surface area contributed by atoms with E-state index in [1.54, 1.807) is 35.1 Å². The van der Waals surface area contributed by atoms with E-state index in [1.807, 2.05) is 14.0 Å². The number of ketones is 1. The van der Waals surface area contributed by atoms with Crippen molar-refractivity contribution < 1.29 is 18.0 Å². The molecule has 0 bridgehead atoms. The molecule has 0 fully saturated rings. The standard InChI is InChI=1S/C19H19F3N4OS/c1-11-8-16(17(27)10-28-18-24-23-13(3)25(18)4)12(2)26(11)15-7-5-6-14(9-15)19(20,21)22/h5-9H,10H2,1-4H3. The second-order valence-corrected chi connectivity index (χ2v) is 7.41. The monoisotopic (exact) mass is 408 g/mol. The Hall–Kier alpha value is -2.55. The van der Waals surface area contributed by atoms with Crippen LogP contribution in [0.3, 0.4) is 0 Å². The van der Waals surface area contributed by atoms with Crippen LogP contribution in [0.25, 0.3) is 5.69 Å². The average Bonchev–Trinajstić information content (AvgIpc) is 3.11. The summed E-state index contributed by atoms with van der Waals surface area (Å²) in [6, 6.07) is 6.79. The predicted molar refractivity (Wildman–Crippen MR) is 101 cm³/mol. The molecule has 2 aromatic heterocycles. The zero-order valence-electron chi connectivity index (χ0n) is 15.8. The molecule has 0 aliphatic carbocycles. The van der Waals surface area contributed by atoms with Gasteiger partial charge < -0.3 is 9.13 Å². The van der Waals surface area contributed by atoms with Gasteiger partial charge in [0.15, 0.2) is 10.9 Å². The lowest BCUT2D eigenvalue weighted by Crippen LogP contribution is -2.08. The first-order chi connectivity index (χ1) is 13.1. The predicted octanol–water partition coefficient (Wildman–Crippen LogP) is 4.52. The van der Waals surface area contributed by atoms with Crippen molar-refractivity contribution >= 4 is 17.5 Å². The summed E-state index contributed by atoms with van der Waals surface area (Å²) in [7, 11) is 1.82. The van der Waals surface area contributed by atoms with Crippen LogP contribution in [0.5, 0.6) is 0 Å². The number of alkyl halides is 3. The molecule has 0 saturated heterocycles. The van der Waals surface area contributed by atoms with Crippen molar-refractivity contribution in [2.24, 2.45) is 7.05 Å². The molecule has 0 spiro atoms. The van der Waals surface area contributed by atoms with E-state index < -0.39 is 11.7 Å². The minimum absolute atomic E-state index is 0.114. The van der Waals surface area contributed by atoms with Gasteiger partial charge in [0.1, 0.15) is 5.82 Å². The van der Waals surface area contributed by atoms with Crippen LogP contribution in [0.2, 0.25) is 0 Å². The number of nitrogens with zero attached hydrogens (tertiary/aromatic N) is 4. The molecular weight excluding hydrogens is 389 g/mol. The molecule has 0 aliphatic rings. The molecule has 0 saturated carbocycles. The number of aromatic nitrogens is 4. The van der Waals surface area contributed by atoms with Crippen molar-refractivity contribution in [1.29, 1.82) is 0 Å². The smallest absolute Gasteiger partial charge is 0.318 e. The first kappa shape index (κ1) is 20.2. The Morgan fingerprint density at radius 1 is 1.14 bits per heavy atom. The largest absolute Gasteiger partial charge is 0.416 e. The highest BCUT2D eigenvalue weighted by molar-refractivity contribution is 7.99. The molecule has 2 heterocycles. The van der Waals surface area contributed by atoms with Crippen molar-refractivity contribution in [3.8, 4) is 5.69 Å². The number of Topliss-reactive ketones (excluding diaryl/α,β-unsaturated/α-hetero) is 1. The lowest BCUT2D eigenvalue weighted by atomic mass is 10.1. The van der Waals surface area contributed by atoms with Gasteiger partial charge in [-0.25, -0.2) is 0 Å². The summed E-state index contributed by atoms with van der Waals surface area (Å²) in [5, 5.41) is 8.61. The van der Waals surface area contributed by atoms with Crippen LogP contribution in [0.4, 0.5) is 13.2 Å². The maximum atomic E-state index is 13.0. The number of hydrogen-bond acceptors (Lipinski definition) is 4. The SMILES string of the molecule is Cc1nnc(SCC(=O)c2cc(C)n(-c3cccc(C(F)(F)F)c3)c2C)n1C. The molecule has 0 N–H and O–H groups in total. The Balaban J connectivity index is 1.87. The minimum Gasteiger partial charge on any atom is -0.318 e. The van der Waals surface area contributed by atoms with Crippen molar-refractivity contribution in [2.75, 3.05) is 5.75 Å². The minimum atomic E-state index is -4.42. The van der Waals surface area contributed by atoms with E-state index >= 15 is 0 Å². The molecule has 9 heteroatoms. The lowest BCUT2D eigenvalue weighted by Gasteiger charge is -2.13. The highest BCUT2D eigenvalue weighted by Crippen LogP contribution is 2.31. The van der Waals surface area contributed by atoms with Crippen LogP contribution in [0.15, 0.2) is 35.5 Å². The van der Waals surface area contributed by atoms with Gasteiger partial charge in [-0.2, -0.15) is 13.2 Å². The number of hydrogen-bond donors (Lipinski definition) is 0. The fraction of sp³-hybridized carbons (Fsp3) is 0.316. The molecule has 3 rings (SSSR count). The van der Waals surface area contributed by atoms with Crippen molar-refractivity contribution in [1.82, 2.24) is 19.3 Å². The van der Waals surface area contributed by atoms with E-state index in [0.717, 1.165) is 18.0 Å². The number of thioether (sulfide) groups is 1. The molecule has 0 radical (unpaired) electrons. The Morgan fingerprint density at radius 3 is 2.46 bits per heavy atom. The second-order valence-electron chi connectivity index (χ2n) is 6.47. The third-order valence-corrected chi connectivity index (χ3v) is 5.57. The Morgan fingerprint density at radius 2 is 1.86 bits per heavy atom. The Kier molecular flexibility index (Phi) is 5.38. The summed E-state index contributed by atoms with van der Waals surface area (Å²) in [4.78, 5) is 12.7. The van der Waals surface area contributed by atoms with Crippen LogP contribution in [0, 0.1) is 20.8 Å². The number of benzene rings is 1. The zero-order valence-corrected chi connectivity index (χ0v) is 16.6. The molecule has 1 aromatic carbocycles. The van der Waals surface area contributed by atoms with Gasteiger partial charge in [-0.3, -0.25) is 4.79 Å². The second kappa shape index (κ2) is 7.46. The third-order valence-electron chi connectivity index (χ3n) is 4.55. The summed E-state index contributed by atoms with van der Waals surface area (Å²) in [6.07, 6.45) is -4.42. The molecule has 0 unspecified atom stereocenters.